The van der Waals surface area contributed by atoms with Crippen LogP contribution in [-0.4, -0.2) is 8.32 Å². The standard InChI is InChI=1S/C13H20BrClOSi/c1-13(2,3)17(4,5)16-9-10-11(14)7-6-8-12(10)15/h6-8H,9H2,1-5H3. The first-order chi connectivity index (χ1) is 7.65. The molecule has 1 rings (SSSR count). The first-order valence-corrected chi connectivity index (χ1v) is 9.80. The van der Waals surface area contributed by atoms with Gasteiger partial charge >= 0.3 is 0 Å². The summed E-state index contributed by atoms with van der Waals surface area (Å²) in [7, 11) is -1.71. The van der Waals surface area contributed by atoms with Crippen LogP contribution in [0, 0.1) is 0 Å². The number of benzene rings is 1. The van der Waals surface area contributed by atoms with Gasteiger partial charge in [-0.05, 0) is 30.3 Å². The maximum atomic E-state index is 6.18. The minimum Gasteiger partial charge on any atom is -0.412 e. The fraction of sp³-hybridized carbons (Fsp3) is 0.538. The van der Waals surface area contributed by atoms with E-state index in [4.69, 9.17) is 16.0 Å². The smallest absolute Gasteiger partial charge is 0.192 e. The van der Waals surface area contributed by atoms with Crippen LogP contribution in [-0.2, 0) is 11.0 Å². The Balaban J connectivity index is 2.81. The molecule has 0 aromatic heterocycles. The minimum absolute atomic E-state index is 0.223. The van der Waals surface area contributed by atoms with Gasteiger partial charge in [-0.1, -0.05) is 54.4 Å². The zero-order valence-electron chi connectivity index (χ0n) is 11.1. The molecule has 0 fully saturated rings. The van der Waals surface area contributed by atoms with E-state index in [0.717, 1.165) is 15.1 Å². The average Bonchev–Trinajstić information content (AvgIpc) is 2.15. The zero-order chi connectivity index (χ0) is 13.3. The number of hydrogen-bond acceptors (Lipinski definition) is 1. The van der Waals surface area contributed by atoms with Crippen LogP contribution >= 0.6 is 27.5 Å². The summed E-state index contributed by atoms with van der Waals surface area (Å²) < 4.78 is 7.18. The van der Waals surface area contributed by atoms with Crippen LogP contribution in [0.25, 0.3) is 0 Å². The van der Waals surface area contributed by atoms with E-state index < -0.39 is 8.32 Å². The summed E-state index contributed by atoms with van der Waals surface area (Å²) >= 11 is 9.69. The summed E-state index contributed by atoms with van der Waals surface area (Å²) in [5, 5.41) is 0.985. The lowest BCUT2D eigenvalue weighted by molar-refractivity contribution is 0.276. The van der Waals surface area contributed by atoms with Gasteiger partial charge in [-0.3, -0.25) is 0 Å². The molecule has 0 aliphatic carbocycles. The average molecular weight is 336 g/mol. The molecule has 0 aliphatic heterocycles. The third-order valence-corrected chi connectivity index (χ3v) is 9.02. The second-order valence-corrected chi connectivity index (χ2v) is 11.8. The maximum absolute atomic E-state index is 6.18. The molecule has 0 saturated carbocycles. The van der Waals surface area contributed by atoms with Crippen molar-refractivity contribution < 1.29 is 4.43 Å². The highest BCUT2D eigenvalue weighted by Gasteiger charge is 2.37. The van der Waals surface area contributed by atoms with Gasteiger partial charge in [0.15, 0.2) is 8.32 Å². The van der Waals surface area contributed by atoms with Gasteiger partial charge in [0.05, 0.1) is 6.61 Å². The molecule has 0 aliphatic rings. The van der Waals surface area contributed by atoms with Gasteiger partial charge in [-0.25, -0.2) is 0 Å². The van der Waals surface area contributed by atoms with Crippen LogP contribution < -0.4 is 0 Å². The predicted octanol–water partition coefficient (Wildman–Crippen LogP) is 5.62. The highest BCUT2D eigenvalue weighted by Crippen LogP contribution is 2.38. The van der Waals surface area contributed by atoms with E-state index in [1.54, 1.807) is 0 Å². The fourth-order valence-electron chi connectivity index (χ4n) is 1.14. The first-order valence-electron chi connectivity index (χ1n) is 5.72. The van der Waals surface area contributed by atoms with Crippen molar-refractivity contribution >= 4 is 35.8 Å². The van der Waals surface area contributed by atoms with Gasteiger partial charge in [-0.15, -0.1) is 0 Å². The highest BCUT2D eigenvalue weighted by molar-refractivity contribution is 9.10. The largest absolute Gasteiger partial charge is 0.412 e. The molecule has 0 atom stereocenters. The molecule has 17 heavy (non-hydrogen) atoms. The van der Waals surface area contributed by atoms with Crippen LogP contribution in [0.1, 0.15) is 26.3 Å². The van der Waals surface area contributed by atoms with Crippen molar-refractivity contribution in [2.24, 2.45) is 0 Å². The second kappa shape index (κ2) is 5.43. The molecule has 1 nitrogen and oxygen atoms in total. The highest BCUT2D eigenvalue weighted by atomic mass is 79.9. The second-order valence-electron chi connectivity index (χ2n) is 5.75. The molecule has 0 N–H and O–H groups in total. The Labute approximate surface area is 119 Å². The van der Waals surface area contributed by atoms with E-state index >= 15 is 0 Å². The van der Waals surface area contributed by atoms with E-state index in [1.807, 2.05) is 18.2 Å². The van der Waals surface area contributed by atoms with Crippen LogP contribution in [0.5, 0.6) is 0 Å². The van der Waals surface area contributed by atoms with Crippen LogP contribution in [0.2, 0.25) is 23.2 Å². The van der Waals surface area contributed by atoms with Crippen molar-refractivity contribution in [1.82, 2.24) is 0 Å². The van der Waals surface area contributed by atoms with Crippen molar-refractivity contribution in [2.45, 2.75) is 45.5 Å². The van der Waals surface area contributed by atoms with E-state index in [0.29, 0.717) is 6.61 Å². The summed E-state index contributed by atoms with van der Waals surface area (Å²) in [6.45, 7) is 11.8. The molecular weight excluding hydrogens is 316 g/mol. The van der Waals surface area contributed by atoms with Crippen molar-refractivity contribution in [3.8, 4) is 0 Å². The molecule has 1 aromatic rings. The lowest BCUT2D eigenvalue weighted by atomic mass is 10.2. The van der Waals surface area contributed by atoms with Gasteiger partial charge in [0.25, 0.3) is 0 Å². The van der Waals surface area contributed by atoms with Gasteiger partial charge in [0, 0.05) is 15.1 Å². The Hall–Kier alpha value is 0.167. The monoisotopic (exact) mass is 334 g/mol. The lowest BCUT2D eigenvalue weighted by Gasteiger charge is -2.36. The molecule has 0 heterocycles. The SMILES string of the molecule is CC(C)(C)[Si](C)(C)OCc1c(Cl)cccc1Br. The third-order valence-electron chi connectivity index (χ3n) is 3.45. The zero-order valence-corrected chi connectivity index (χ0v) is 14.4. The first kappa shape index (κ1) is 15.2. The van der Waals surface area contributed by atoms with E-state index in [-0.39, 0.29) is 5.04 Å². The minimum atomic E-state index is -1.71. The van der Waals surface area contributed by atoms with Crippen molar-refractivity contribution in [3.63, 3.8) is 0 Å². The molecule has 0 spiro atoms. The number of halogens is 2. The molecule has 0 radical (unpaired) electrons. The fourth-order valence-corrected chi connectivity index (χ4v) is 2.90. The van der Waals surface area contributed by atoms with Crippen molar-refractivity contribution in [3.05, 3.63) is 33.3 Å². The molecule has 0 amide bonds. The summed E-state index contributed by atoms with van der Waals surface area (Å²) in [5.74, 6) is 0. The quantitative estimate of drug-likeness (QED) is 0.651. The predicted molar refractivity (Wildman–Crippen MR) is 81.1 cm³/mol. The van der Waals surface area contributed by atoms with Crippen molar-refractivity contribution in [2.75, 3.05) is 0 Å². The Kier molecular flexibility index (Phi) is 4.86. The Bertz CT molecular complexity index is 379. The van der Waals surface area contributed by atoms with Crippen LogP contribution in [0.4, 0.5) is 0 Å². The van der Waals surface area contributed by atoms with E-state index in [2.05, 4.69) is 49.8 Å². The van der Waals surface area contributed by atoms with Crippen molar-refractivity contribution in [1.29, 1.82) is 0 Å². The molecular formula is C13H20BrClOSi. The molecule has 4 heteroatoms. The van der Waals surface area contributed by atoms with Gasteiger partial charge in [0.1, 0.15) is 0 Å². The van der Waals surface area contributed by atoms with Crippen LogP contribution in [0.15, 0.2) is 22.7 Å². The van der Waals surface area contributed by atoms with E-state index in [9.17, 15) is 0 Å². The molecule has 1 aromatic carbocycles. The normalized spacial score (nSPS) is 12.9. The topological polar surface area (TPSA) is 9.23 Å². The van der Waals surface area contributed by atoms with Gasteiger partial charge < -0.3 is 4.43 Å². The van der Waals surface area contributed by atoms with E-state index in [1.165, 1.54) is 0 Å². The maximum Gasteiger partial charge on any atom is 0.192 e. The summed E-state index contributed by atoms with van der Waals surface area (Å²) in [4.78, 5) is 0. The summed E-state index contributed by atoms with van der Waals surface area (Å²) in [6, 6.07) is 5.83. The molecule has 0 unspecified atom stereocenters. The molecule has 0 bridgehead atoms. The summed E-state index contributed by atoms with van der Waals surface area (Å²) in [5.41, 5.74) is 1.04. The Morgan fingerprint density at radius 2 is 1.88 bits per heavy atom. The molecule has 0 saturated heterocycles. The lowest BCUT2D eigenvalue weighted by Crippen LogP contribution is -2.40. The summed E-state index contributed by atoms with van der Waals surface area (Å²) in [6.07, 6.45) is 0. The van der Waals surface area contributed by atoms with Gasteiger partial charge in [-0.2, -0.15) is 0 Å². The Morgan fingerprint density at radius 3 is 2.35 bits per heavy atom. The van der Waals surface area contributed by atoms with Crippen LogP contribution in [0.3, 0.4) is 0 Å². The number of hydrogen-bond donors (Lipinski definition) is 0. The van der Waals surface area contributed by atoms with Gasteiger partial charge in [0.2, 0.25) is 0 Å². The Morgan fingerprint density at radius 1 is 1.29 bits per heavy atom. The third kappa shape index (κ3) is 3.81. The molecule has 96 valence electrons. The number of rotatable bonds is 3.